The van der Waals surface area contributed by atoms with Crippen LogP contribution in [0.3, 0.4) is 0 Å². The molecule has 1 N–H and O–H groups in total. The van der Waals surface area contributed by atoms with E-state index in [0.29, 0.717) is 30.2 Å². The first kappa shape index (κ1) is 20.4. The standard InChI is InChI=1S/C20H22FNO5/c1-4-26-12-15-11-14(5-10-18(15)25-3)20(24)27-13(2)19(23)22-17-8-6-16(21)7-9-17/h5-11,13H,4,12H2,1-3H3,(H,22,23)/t13-/m0/s1. The van der Waals surface area contributed by atoms with Crippen LogP contribution in [0.25, 0.3) is 0 Å². The lowest BCUT2D eigenvalue weighted by atomic mass is 10.1. The van der Waals surface area contributed by atoms with Crippen molar-refractivity contribution in [2.75, 3.05) is 19.0 Å². The number of ether oxygens (including phenoxy) is 3. The first-order valence-electron chi connectivity index (χ1n) is 8.46. The Morgan fingerprint density at radius 2 is 1.85 bits per heavy atom. The van der Waals surface area contributed by atoms with E-state index in [1.807, 2.05) is 6.92 Å². The summed E-state index contributed by atoms with van der Waals surface area (Å²) in [6.45, 7) is 4.15. The van der Waals surface area contributed by atoms with Gasteiger partial charge in [0.15, 0.2) is 6.10 Å². The fourth-order valence-corrected chi connectivity index (χ4v) is 2.29. The second-order valence-electron chi connectivity index (χ2n) is 5.71. The number of methoxy groups -OCH3 is 1. The van der Waals surface area contributed by atoms with Crippen molar-refractivity contribution >= 4 is 17.6 Å². The number of anilines is 1. The van der Waals surface area contributed by atoms with Crippen molar-refractivity contribution in [1.29, 1.82) is 0 Å². The smallest absolute Gasteiger partial charge is 0.338 e. The van der Waals surface area contributed by atoms with E-state index in [9.17, 15) is 14.0 Å². The van der Waals surface area contributed by atoms with Gasteiger partial charge in [0.2, 0.25) is 0 Å². The summed E-state index contributed by atoms with van der Waals surface area (Å²) in [7, 11) is 1.53. The van der Waals surface area contributed by atoms with Crippen LogP contribution in [-0.4, -0.2) is 31.7 Å². The van der Waals surface area contributed by atoms with Crippen LogP contribution in [0, 0.1) is 5.82 Å². The van der Waals surface area contributed by atoms with E-state index < -0.39 is 23.8 Å². The molecule has 2 aromatic rings. The Hall–Kier alpha value is -2.93. The lowest BCUT2D eigenvalue weighted by Gasteiger charge is -2.15. The lowest BCUT2D eigenvalue weighted by molar-refractivity contribution is -0.123. The number of carbonyl (C=O) groups excluding carboxylic acids is 2. The number of nitrogens with one attached hydrogen (secondary N) is 1. The highest BCUT2D eigenvalue weighted by molar-refractivity contribution is 5.97. The van der Waals surface area contributed by atoms with Gasteiger partial charge in [-0.25, -0.2) is 9.18 Å². The zero-order valence-corrected chi connectivity index (χ0v) is 15.5. The van der Waals surface area contributed by atoms with Gasteiger partial charge in [-0.15, -0.1) is 0 Å². The van der Waals surface area contributed by atoms with Crippen LogP contribution in [0.15, 0.2) is 42.5 Å². The van der Waals surface area contributed by atoms with Gasteiger partial charge in [0.05, 0.1) is 19.3 Å². The van der Waals surface area contributed by atoms with Gasteiger partial charge in [0.25, 0.3) is 5.91 Å². The summed E-state index contributed by atoms with van der Waals surface area (Å²) >= 11 is 0. The number of rotatable bonds is 8. The largest absolute Gasteiger partial charge is 0.496 e. The first-order chi connectivity index (χ1) is 12.9. The summed E-state index contributed by atoms with van der Waals surface area (Å²) in [4.78, 5) is 24.5. The van der Waals surface area contributed by atoms with Crippen molar-refractivity contribution in [2.45, 2.75) is 26.6 Å². The highest BCUT2D eigenvalue weighted by Crippen LogP contribution is 2.21. The van der Waals surface area contributed by atoms with Crippen molar-refractivity contribution < 1.29 is 28.2 Å². The maximum atomic E-state index is 12.9. The van der Waals surface area contributed by atoms with E-state index in [4.69, 9.17) is 14.2 Å². The van der Waals surface area contributed by atoms with E-state index in [-0.39, 0.29) is 5.56 Å². The normalized spacial score (nSPS) is 11.6. The molecular weight excluding hydrogens is 353 g/mol. The summed E-state index contributed by atoms with van der Waals surface area (Å²) in [5.74, 6) is -0.966. The number of hydrogen-bond acceptors (Lipinski definition) is 5. The number of amides is 1. The predicted octanol–water partition coefficient (Wildman–Crippen LogP) is 3.55. The van der Waals surface area contributed by atoms with Gasteiger partial charge in [0.1, 0.15) is 11.6 Å². The second kappa shape index (κ2) is 9.68. The Kier molecular flexibility index (Phi) is 7.31. The van der Waals surface area contributed by atoms with Crippen LogP contribution in [0.1, 0.15) is 29.8 Å². The number of carbonyl (C=O) groups is 2. The molecule has 1 amide bonds. The molecule has 0 aliphatic carbocycles. The van der Waals surface area contributed by atoms with E-state index in [1.165, 1.54) is 38.3 Å². The lowest BCUT2D eigenvalue weighted by Crippen LogP contribution is -2.30. The van der Waals surface area contributed by atoms with Gasteiger partial charge >= 0.3 is 5.97 Å². The Morgan fingerprint density at radius 3 is 2.48 bits per heavy atom. The quantitative estimate of drug-likeness (QED) is 0.714. The molecule has 0 aliphatic heterocycles. The second-order valence-corrected chi connectivity index (χ2v) is 5.71. The molecule has 0 bridgehead atoms. The average molecular weight is 375 g/mol. The summed E-state index contributed by atoms with van der Waals surface area (Å²) in [6, 6.07) is 10.1. The summed E-state index contributed by atoms with van der Waals surface area (Å²) < 4.78 is 28.7. The van der Waals surface area contributed by atoms with Crippen LogP contribution in [0.5, 0.6) is 5.75 Å². The van der Waals surface area contributed by atoms with Crippen molar-refractivity contribution in [3.63, 3.8) is 0 Å². The molecule has 144 valence electrons. The van der Waals surface area contributed by atoms with Gasteiger partial charge < -0.3 is 19.5 Å². The van der Waals surface area contributed by atoms with Crippen molar-refractivity contribution in [3.8, 4) is 5.75 Å². The van der Waals surface area contributed by atoms with Crippen molar-refractivity contribution in [1.82, 2.24) is 0 Å². The zero-order valence-electron chi connectivity index (χ0n) is 15.5. The molecular formula is C20H22FNO5. The van der Waals surface area contributed by atoms with Crippen LogP contribution in [-0.2, 0) is 20.9 Å². The van der Waals surface area contributed by atoms with Gasteiger partial charge in [0, 0.05) is 17.9 Å². The summed E-state index contributed by atoms with van der Waals surface area (Å²) in [5, 5.41) is 2.56. The Labute approximate surface area is 157 Å². The third-order valence-electron chi connectivity index (χ3n) is 3.74. The van der Waals surface area contributed by atoms with E-state index in [0.717, 1.165) is 0 Å². The molecule has 0 radical (unpaired) electrons. The molecule has 2 aromatic carbocycles. The molecule has 27 heavy (non-hydrogen) atoms. The van der Waals surface area contributed by atoms with E-state index in [1.54, 1.807) is 18.2 Å². The number of esters is 1. The number of hydrogen-bond donors (Lipinski definition) is 1. The first-order valence-corrected chi connectivity index (χ1v) is 8.46. The molecule has 6 nitrogen and oxygen atoms in total. The fourth-order valence-electron chi connectivity index (χ4n) is 2.29. The SMILES string of the molecule is CCOCc1cc(C(=O)O[C@@H](C)C(=O)Nc2ccc(F)cc2)ccc1OC. The molecule has 1 atom stereocenters. The van der Waals surface area contributed by atoms with Gasteiger partial charge in [-0.3, -0.25) is 4.79 Å². The van der Waals surface area contributed by atoms with Gasteiger partial charge in [-0.2, -0.15) is 0 Å². The summed E-state index contributed by atoms with van der Waals surface area (Å²) in [6.07, 6.45) is -1.03. The summed E-state index contributed by atoms with van der Waals surface area (Å²) in [5.41, 5.74) is 1.40. The fraction of sp³-hybridized carbons (Fsp3) is 0.300. The third kappa shape index (κ3) is 5.79. The highest BCUT2D eigenvalue weighted by Gasteiger charge is 2.20. The Bertz CT molecular complexity index is 791. The minimum Gasteiger partial charge on any atom is -0.496 e. The van der Waals surface area contributed by atoms with Crippen LogP contribution in [0.4, 0.5) is 10.1 Å². The minimum absolute atomic E-state index is 0.284. The Morgan fingerprint density at radius 1 is 1.15 bits per heavy atom. The monoisotopic (exact) mass is 375 g/mol. The molecule has 0 unspecified atom stereocenters. The van der Waals surface area contributed by atoms with Gasteiger partial charge in [-0.1, -0.05) is 0 Å². The van der Waals surface area contributed by atoms with Crippen molar-refractivity contribution in [2.24, 2.45) is 0 Å². The zero-order chi connectivity index (χ0) is 19.8. The molecule has 0 aromatic heterocycles. The molecule has 0 spiro atoms. The van der Waals surface area contributed by atoms with E-state index >= 15 is 0 Å². The maximum absolute atomic E-state index is 12.9. The molecule has 0 fully saturated rings. The molecule has 0 heterocycles. The number of benzene rings is 2. The third-order valence-corrected chi connectivity index (χ3v) is 3.74. The molecule has 2 rings (SSSR count). The molecule has 0 aliphatic rings. The maximum Gasteiger partial charge on any atom is 0.338 e. The molecule has 0 saturated carbocycles. The highest BCUT2D eigenvalue weighted by atomic mass is 19.1. The van der Waals surface area contributed by atoms with Crippen molar-refractivity contribution in [3.05, 3.63) is 59.4 Å². The van der Waals surface area contributed by atoms with Crippen LogP contribution >= 0.6 is 0 Å². The predicted molar refractivity (Wildman–Crippen MR) is 98.2 cm³/mol. The van der Waals surface area contributed by atoms with Crippen LogP contribution in [0.2, 0.25) is 0 Å². The van der Waals surface area contributed by atoms with E-state index in [2.05, 4.69) is 5.32 Å². The topological polar surface area (TPSA) is 73.9 Å². The van der Waals surface area contributed by atoms with Gasteiger partial charge in [-0.05, 0) is 56.3 Å². The molecule has 7 heteroatoms. The minimum atomic E-state index is -1.03. The molecule has 0 saturated heterocycles. The Balaban J connectivity index is 2.02. The number of halogens is 1. The average Bonchev–Trinajstić information content (AvgIpc) is 2.67. The van der Waals surface area contributed by atoms with Crippen LogP contribution < -0.4 is 10.1 Å².